The number of benzene rings is 1. The highest BCUT2D eigenvalue weighted by molar-refractivity contribution is 5.77. The van der Waals surface area contributed by atoms with Crippen LogP contribution in [0.2, 0.25) is 0 Å². The van der Waals surface area contributed by atoms with Gasteiger partial charge in [-0.15, -0.1) is 0 Å². The Balaban J connectivity index is 2.66. The van der Waals surface area contributed by atoms with Gasteiger partial charge in [0, 0.05) is 6.04 Å². The Hall–Kier alpha value is -1.55. The van der Waals surface area contributed by atoms with E-state index >= 15 is 0 Å². The summed E-state index contributed by atoms with van der Waals surface area (Å²) in [5.74, 6) is 0.870. The average Bonchev–Trinajstić information content (AvgIpc) is 2.35. The summed E-state index contributed by atoms with van der Waals surface area (Å²) in [7, 11) is 0. The van der Waals surface area contributed by atoms with Gasteiger partial charge in [-0.05, 0) is 37.0 Å². The summed E-state index contributed by atoms with van der Waals surface area (Å²) >= 11 is 0. The van der Waals surface area contributed by atoms with Crippen molar-refractivity contribution < 1.29 is 14.6 Å². The summed E-state index contributed by atoms with van der Waals surface area (Å²) in [6.07, 6.45) is 0. The lowest BCUT2D eigenvalue weighted by atomic mass is 10.0. The molecule has 0 aliphatic rings. The quantitative estimate of drug-likeness (QED) is 0.827. The first kappa shape index (κ1) is 15.5. The molecule has 0 aromatic heterocycles. The van der Waals surface area contributed by atoms with Gasteiger partial charge in [-0.2, -0.15) is 0 Å². The maximum absolute atomic E-state index is 11.6. The van der Waals surface area contributed by atoms with E-state index in [1.807, 2.05) is 25.1 Å². The summed E-state index contributed by atoms with van der Waals surface area (Å²) in [6, 6.07) is 5.76. The lowest BCUT2D eigenvalue weighted by molar-refractivity contribution is -0.124. The summed E-state index contributed by atoms with van der Waals surface area (Å²) in [4.78, 5) is 11.6. The molecule has 0 spiro atoms. The first-order chi connectivity index (χ1) is 8.93. The summed E-state index contributed by atoms with van der Waals surface area (Å²) in [6.45, 7) is 7.80. The number of nitrogens with one attached hydrogen (secondary N) is 1. The molecule has 0 radical (unpaired) electrons. The number of aliphatic hydroxyl groups excluding tert-OH is 1. The van der Waals surface area contributed by atoms with E-state index in [4.69, 9.17) is 9.84 Å². The van der Waals surface area contributed by atoms with Gasteiger partial charge in [-0.1, -0.05) is 26.0 Å². The minimum atomic E-state index is -0.252. The van der Waals surface area contributed by atoms with Crippen molar-refractivity contribution in [2.24, 2.45) is 0 Å². The summed E-state index contributed by atoms with van der Waals surface area (Å²) in [5, 5.41) is 11.5. The molecule has 1 amide bonds. The number of hydrogen-bond donors (Lipinski definition) is 2. The highest BCUT2D eigenvalue weighted by atomic mass is 16.5. The van der Waals surface area contributed by atoms with Gasteiger partial charge < -0.3 is 15.2 Å². The minimum absolute atomic E-state index is 0.0342. The molecule has 106 valence electrons. The van der Waals surface area contributed by atoms with Crippen LogP contribution in [-0.4, -0.2) is 30.3 Å². The smallest absolute Gasteiger partial charge is 0.258 e. The van der Waals surface area contributed by atoms with Crippen molar-refractivity contribution in [2.75, 3.05) is 13.2 Å². The first-order valence-electron chi connectivity index (χ1n) is 6.57. The monoisotopic (exact) mass is 265 g/mol. The Morgan fingerprint density at radius 2 is 2.05 bits per heavy atom. The van der Waals surface area contributed by atoms with E-state index < -0.39 is 0 Å². The molecule has 19 heavy (non-hydrogen) atoms. The van der Waals surface area contributed by atoms with Crippen LogP contribution in [0.4, 0.5) is 0 Å². The van der Waals surface area contributed by atoms with Crippen LogP contribution in [0.15, 0.2) is 18.2 Å². The van der Waals surface area contributed by atoms with Gasteiger partial charge in [0.15, 0.2) is 6.61 Å². The second-order valence-corrected chi connectivity index (χ2v) is 5.14. The zero-order valence-corrected chi connectivity index (χ0v) is 12.1. The fourth-order valence-electron chi connectivity index (χ4n) is 1.75. The maximum atomic E-state index is 11.6. The van der Waals surface area contributed by atoms with Crippen LogP contribution in [0, 0.1) is 6.92 Å². The number of aliphatic hydroxyl groups is 1. The van der Waals surface area contributed by atoms with Crippen molar-refractivity contribution in [1.82, 2.24) is 5.32 Å². The minimum Gasteiger partial charge on any atom is -0.483 e. The Labute approximate surface area is 114 Å². The van der Waals surface area contributed by atoms with Gasteiger partial charge in [-0.25, -0.2) is 0 Å². The molecular weight excluding hydrogens is 242 g/mol. The topological polar surface area (TPSA) is 58.6 Å². The fraction of sp³-hybridized carbons (Fsp3) is 0.533. The van der Waals surface area contributed by atoms with Crippen LogP contribution >= 0.6 is 0 Å². The summed E-state index contributed by atoms with van der Waals surface area (Å²) in [5.41, 5.74) is 2.19. The predicted octanol–water partition coefficient (Wildman–Crippen LogP) is 1.99. The largest absolute Gasteiger partial charge is 0.483 e. The van der Waals surface area contributed by atoms with Crippen molar-refractivity contribution in [2.45, 2.75) is 39.7 Å². The molecule has 4 nitrogen and oxygen atoms in total. The standard InChI is InChI=1S/C15H23NO3/c1-10(2)13-6-5-11(3)7-14(13)19-9-15(18)16-12(4)8-17/h5-7,10,12,17H,8-9H2,1-4H3,(H,16,18). The summed E-state index contributed by atoms with van der Waals surface area (Å²) < 4.78 is 5.59. The zero-order chi connectivity index (χ0) is 14.4. The number of carbonyl (C=O) groups is 1. The van der Waals surface area contributed by atoms with Gasteiger partial charge >= 0.3 is 0 Å². The van der Waals surface area contributed by atoms with Crippen molar-refractivity contribution >= 4 is 5.91 Å². The number of rotatable bonds is 6. The Morgan fingerprint density at radius 1 is 1.37 bits per heavy atom. The lowest BCUT2D eigenvalue weighted by Crippen LogP contribution is -2.38. The van der Waals surface area contributed by atoms with Gasteiger partial charge in [-0.3, -0.25) is 4.79 Å². The first-order valence-corrected chi connectivity index (χ1v) is 6.57. The highest BCUT2D eigenvalue weighted by Gasteiger charge is 2.11. The lowest BCUT2D eigenvalue weighted by Gasteiger charge is -2.16. The second kappa shape index (κ2) is 7.14. The number of ether oxygens (including phenoxy) is 1. The van der Waals surface area contributed by atoms with Crippen LogP contribution in [0.25, 0.3) is 0 Å². The third-order valence-corrected chi connectivity index (χ3v) is 2.83. The van der Waals surface area contributed by atoms with E-state index in [1.165, 1.54) is 0 Å². The van der Waals surface area contributed by atoms with Crippen LogP contribution in [0.1, 0.15) is 37.8 Å². The van der Waals surface area contributed by atoms with E-state index in [9.17, 15) is 4.79 Å². The molecule has 1 atom stereocenters. The molecule has 0 aliphatic heterocycles. The number of hydrogen-bond acceptors (Lipinski definition) is 3. The van der Waals surface area contributed by atoms with Gasteiger partial charge in [0.1, 0.15) is 5.75 Å². The predicted molar refractivity (Wildman–Crippen MR) is 75.5 cm³/mol. The molecule has 2 N–H and O–H groups in total. The molecule has 1 aromatic carbocycles. The number of amides is 1. The SMILES string of the molecule is Cc1ccc(C(C)C)c(OCC(=O)NC(C)CO)c1. The molecule has 1 aromatic rings. The van der Waals surface area contributed by atoms with Crippen molar-refractivity contribution in [3.8, 4) is 5.75 Å². The van der Waals surface area contributed by atoms with Crippen molar-refractivity contribution in [3.63, 3.8) is 0 Å². The third kappa shape index (κ3) is 4.91. The molecule has 0 heterocycles. The van der Waals surface area contributed by atoms with E-state index in [0.717, 1.165) is 16.9 Å². The number of aryl methyl sites for hydroxylation is 1. The molecule has 0 bridgehead atoms. The fourth-order valence-corrected chi connectivity index (χ4v) is 1.75. The van der Waals surface area contributed by atoms with Crippen molar-refractivity contribution in [3.05, 3.63) is 29.3 Å². The molecule has 0 aliphatic carbocycles. The van der Waals surface area contributed by atoms with Crippen LogP contribution in [-0.2, 0) is 4.79 Å². The molecule has 0 saturated heterocycles. The highest BCUT2D eigenvalue weighted by Crippen LogP contribution is 2.27. The Morgan fingerprint density at radius 3 is 2.63 bits per heavy atom. The third-order valence-electron chi connectivity index (χ3n) is 2.83. The Bertz CT molecular complexity index is 429. The second-order valence-electron chi connectivity index (χ2n) is 5.14. The molecule has 0 saturated carbocycles. The van der Waals surface area contributed by atoms with Gasteiger partial charge in [0.05, 0.1) is 6.61 Å². The van der Waals surface area contributed by atoms with Crippen LogP contribution in [0.3, 0.4) is 0 Å². The normalized spacial score (nSPS) is 12.3. The Kier molecular flexibility index (Phi) is 5.83. The van der Waals surface area contributed by atoms with Crippen molar-refractivity contribution in [1.29, 1.82) is 0 Å². The molecule has 0 fully saturated rings. The molecular formula is C15H23NO3. The molecule has 1 unspecified atom stereocenters. The molecule has 1 rings (SSSR count). The molecule has 4 heteroatoms. The van der Waals surface area contributed by atoms with E-state index in [1.54, 1.807) is 6.92 Å². The van der Waals surface area contributed by atoms with Crippen LogP contribution < -0.4 is 10.1 Å². The van der Waals surface area contributed by atoms with E-state index in [0.29, 0.717) is 5.92 Å². The average molecular weight is 265 g/mol. The maximum Gasteiger partial charge on any atom is 0.258 e. The van der Waals surface area contributed by atoms with E-state index in [2.05, 4.69) is 19.2 Å². The van der Waals surface area contributed by atoms with Gasteiger partial charge in [0.2, 0.25) is 0 Å². The number of carbonyl (C=O) groups excluding carboxylic acids is 1. The van der Waals surface area contributed by atoms with E-state index in [-0.39, 0.29) is 25.2 Å². The zero-order valence-electron chi connectivity index (χ0n) is 12.1. The van der Waals surface area contributed by atoms with Gasteiger partial charge in [0.25, 0.3) is 5.91 Å². The van der Waals surface area contributed by atoms with Crippen LogP contribution in [0.5, 0.6) is 5.75 Å².